The monoisotopic (exact) mass is 545 g/mol. The van der Waals surface area contributed by atoms with Crippen LogP contribution in [0.5, 0.6) is 0 Å². The van der Waals surface area contributed by atoms with Gasteiger partial charge in [-0.1, -0.05) is 31.6 Å². The van der Waals surface area contributed by atoms with Gasteiger partial charge in [-0.2, -0.15) is 13.5 Å². The molecule has 6 rings (SSSR count). The molecule has 38 heavy (non-hydrogen) atoms. The van der Waals surface area contributed by atoms with Crippen molar-refractivity contribution in [1.82, 2.24) is 5.06 Å². The first-order valence-corrected chi connectivity index (χ1v) is 15.1. The van der Waals surface area contributed by atoms with Crippen molar-refractivity contribution in [2.45, 2.75) is 57.8 Å². The number of Topliss-reactive ketones (excluding diaryl/α,β-unsaturated/α-hetero) is 1. The minimum atomic E-state index is -3.83. The number of nitrogens with zero attached hydrogens (tertiary/aromatic N) is 1. The molecule has 9 nitrogen and oxygen atoms in total. The second kappa shape index (κ2) is 8.69. The number of hydrogen-bond acceptors (Lipinski definition) is 9. The molecule has 2 saturated carbocycles. The number of allylic oxidation sites excluding steroid dienone is 4. The molecular weight excluding hydrogens is 510 g/mol. The summed E-state index contributed by atoms with van der Waals surface area (Å²) in [5.41, 5.74) is -0.498. The Bertz CT molecular complexity index is 1320. The van der Waals surface area contributed by atoms with E-state index < -0.39 is 45.0 Å². The predicted octanol–water partition coefficient (Wildman–Crippen LogP) is 2.82. The third-order valence-electron chi connectivity index (χ3n) is 10.3. The minimum absolute atomic E-state index is 0.0693. The van der Waals surface area contributed by atoms with Crippen LogP contribution in [0.4, 0.5) is 0 Å². The zero-order valence-electron chi connectivity index (χ0n) is 22.0. The molecule has 0 amide bonds. The van der Waals surface area contributed by atoms with E-state index in [1.54, 1.807) is 23.7 Å². The van der Waals surface area contributed by atoms with Crippen molar-refractivity contribution >= 4 is 21.7 Å². The summed E-state index contributed by atoms with van der Waals surface area (Å²) in [5, 5.41) is 13.5. The summed E-state index contributed by atoms with van der Waals surface area (Å²) < 4.78 is 33.8. The first-order chi connectivity index (χ1) is 17.9. The van der Waals surface area contributed by atoms with Gasteiger partial charge in [0.05, 0.1) is 31.4 Å². The highest BCUT2D eigenvalue weighted by atomic mass is 32.2. The van der Waals surface area contributed by atoms with Crippen molar-refractivity contribution in [3.8, 4) is 0 Å². The summed E-state index contributed by atoms with van der Waals surface area (Å²) in [6, 6.07) is 1.84. The van der Waals surface area contributed by atoms with E-state index in [1.807, 2.05) is 19.1 Å². The van der Waals surface area contributed by atoms with Gasteiger partial charge in [0, 0.05) is 41.2 Å². The number of furan rings is 1. The molecule has 0 spiro atoms. The average Bonchev–Trinajstić information content (AvgIpc) is 3.53. The van der Waals surface area contributed by atoms with Crippen molar-refractivity contribution in [3.05, 3.63) is 48.0 Å². The van der Waals surface area contributed by atoms with Gasteiger partial charge in [0.15, 0.2) is 17.2 Å². The fourth-order valence-electron chi connectivity index (χ4n) is 8.80. The van der Waals surface area contributed by atoms with Crippen molar-refractivity contribution < 1.29 is 36.6 Å². The van der Waals surface area contributed by atoms with E-state index in [-0.39, 0.29) is 29.5 Å². The van der Waals surface area contributed by atoms with Crippen LogP contribution in [0.2, 0.25) is 0 Å². The highest BCUT2D eigenvalue weighted by molar-refractivity contribution is 7.86. The Balaban J connectivity index is 1.38. The Morgan fingerprint density at radius 1 is 1.32 bits per heavy atom. The second-order valence-corrected chi connectivity index (χ2v) is 14.0. The van der Waals surface area contributed by atoms with E-state index in [1.165, 1.54) is 0 Å². The van der Waals surface area contributed by atoms with Gasteiger partial charge in [-0.25, -0.2) is 0 Å². The summed E-state index contributed by atoms with van der Waals surface area (Å²) in [5.74, 6) is -0.427. The van der Waals surface area contributed by atoms with Crippen LogP contribution in [0.1, 0.15) is 45.1 Å². The van der Waals surface area contributed by atoms with Gasteiger partial charge in [0.25, 0.3) is 10.1 Å². The summed E-state index contributed by atoms with van der Waals surface area (Å²) in [6.45, 7) is 4.46. The van der Waals surface area contributed by atoms with Crippen LogP contribution in [-0.2, 0) is 35.3 Å². The molecule has 0 radical (unpaired) electrons. The molecular formula is C28H35NO8S. The van der Waals surface area contributed by atoms with E-state index in [0.29, 0.717) is 25.9 Å². The molecule has 10 heteroatoms. The number of ketones is 2. The normalized spacial score (nSPS) is 42.3. The molecule has 0 bridgehead atoms. The number of carbonyl (C=O) groups excluding carboxylic acids is 2. The minimum Gasteiger partial charge on any atom is -0.472 e. The van der Waals surface area contributed by atoms with E-state index in [2.05, 4.69) is 13.0 Å². The highest BCUT2D eigenvalue weighted by Crippen LogP contribution is 2.70. The third kappa shape index (κ3) is 3.75. The molecule has 0 aromatic carbocycles. The fraction of sp³-hybridized carbons (Fsp3) is 0.643. The van der Waals surface area contributed by atoms with Crippen LogP contribution >= 0.6 is 0 Å². The van der Waals surface area contributed by atoms with Gasteiger partial charge in [0.2, 0.25) is 0 Å². The summed E-state index contributed by atoms with van der Waals surface area (Å²) in [4.78, 5) is 32.7. The van der Waals surface area contributed by atoms with E-state index in [4.69, 9.17) is 13.4 Å². The Labute approximate surface area is 222 Å². The molecule has 1 aliphatic heterocycles. The smallest absolute Gasteiger partial charge is 0.264 e. The number of hydrogen-bond donors (Lipinski definition) is 1. The lowest BCUT2D eigenvalue weighted by Gasteiger charge is -2.59. The second-order valence-electron chi connectivity index (χ2n) is 12.3. The lowest BCUT2D eigenvalue weighted by molar-refractivity contribution is -0.253. The number of aliphatic hydroxyl groups excluding tert-OH is 1. The number of fused-ring (bicyclic) bond motifs is 7. The fourth-order valence-corrected chi connectivity index (χ4v) is 9.12. The third-order valence-corrected chi connectivity index (χ3v) is 10.8. The SMILES string of the molecule is C[C@]12C=CC(=O)CC1=CC[C@@H]1[C@@H]2[C@@H](O)C[C@@]2(C)[C@H]1C[C@H]1CN(Cc3ccoc3)O[C@]12C(=O)COS(C)(=O)=O. The van der Waals surface area contributed by atoms with Crippen LogP contribution in [0.25, 0.3) is 0 Å². The first-order valence-electron chi connectivity index (χ1n) is 13.3. The lowest BCUT2D eigenvalue weighted by Crippen LogP contribution is -2.63. The van der Waals surface area contributed by atoms with Crippen LogP contribution < -0.4 is 0 Å². The highest BCUT2D eigenvalue weighted by Gasteiger charge is 2.75. The number of carbonyl (C=O) groups is 2. The molecule has 3 fully saturated rings. The quantitative estimate of drug-likeness (QED) is 0.425. The molecule has 0 unspecified atom stereocenters. The van der Waals surface area contributed by atoms with Crippen LogP contribution in [0.3, 0.4) is 0 Å². The van der Waals surface area contributed by atoms with Crippen molar-refractivity contribution in [2.24, 2.45) is 34.5 Å². The largest absolute Gasteiger partial charge is 0.472 e. The molecule has 4 aliphatic carbocycles. The first kappa shape index (κ1) is 26.1. The zero-order valence-corrected chi connectivity index (χ0v) is 22.8. The van der Waals surface area contributed by atoms with Crippen molar-refractivity contribution in [3.63, 3.8) is 0 Å². The molecule has 5 aliphatic rings. The van der Waals surface area contributed by atoms with Gasteiger partial charge in [-0.05, 0) is 43.2 Å². The maximum Gasteiger partial charge on any atom is 0.264 e. The van der Waals surface area contributed by atoms with Gasteiger partial charge >= 0.3 is 0 Å². The van der Waals surface area contributed by atoms with E-state index >= 15 is 0 Å². The predicted molar refractivity (Wildman–Crippen MR) is 136 cm³/mol. The Morgan fingerprint density at radius 2 is 2.11 bits per heavy atom. The van der Waals surface area contributed by atoms with E-state index in [0.717, 1.165) is 30.2 Å². The van der Waals surface area contributed by atoms with Crippen LogP contribution in [0.15, 0.2) is 46.8 Å². The molecule has 1 aromatic rings. The number of rotatable bonds is 6. The lowest BCUT2D eigenvalue weighted by atomic mass is 9.47. The average molecular weight is 546 g/mol. The van der Waals surface area contributed by atoms with Crippen LogP contribution in [0, 0.1) is 34.5 Å². The maximum atomic E-state index is 14.0. The standard InChI is InChI=1S/C28H35NO8S/c1-26-8-6-20(30)10-18(26)4-5-21-22-11-19-14-29(13-17-7-9-35-15-17)37-28(19,24(32)16-36-38(3,33)34)27(22,2)12-23(31)25(21)26/h4,6-9,15,19,21-23,25,31H,5,10-14,16H2,1-3H3/t19-,21-,22-,23-,25+,26-,27-,28-/m0/s1. The van der Waals surface area contributed by atoms with Gasteiger partial charge in [-0.15, -0.1) is 0 Å². The Kier molecular flexibility index (Phi) is 5.98. The summed E-state index contributed by atoms with van der Waals surface area (Å²) in [7, 11) is -3.83. The van der Waals surface area contributed by atoms with Crippen LogP contribution in [-0.4, -0.2) is 61.3 Å². The molecule has 1 N–H and O–H groups in total. The molecule has 1 saturated heterocycles. The van der Waals surface area contributed by atoms with Crippen molar-refractivity contribution in [1.29, 1.82) is 0 Å². The molecule has 2 heterocycles. The Hall–Kier alpha value is -2.11. The topological polar surface area (TPSA) is 123 Å². The van der Waals surface area contributed by atoms with Crippen molar-refractivity contribution in [2.75, 3.05) is 19.4 Å². The number of hydroxylamine groups is 2. The maximum absolute atomic E-state index is 14.0. The molecule has 8 atom stereocenters. The van der Waals surface area contributed by atoms with E-state index in [9.17, 15) is 23.1 Å². The zero-order chi connectivity index (χ0) is 27.1. The Morgan fingerprint density at radius 3 is 2.82 bits per heavy atom. The number of aliphatic hydroxyl groups is 1. The van der Waals surface area contributed by atoms with Gasteiger partial charge in [-0.3, -0.25) is 18.6 Å². The molecule has 1 aromatic heterocycles. The summed E-state index contributed by atoms with van der Waals surface area (Å²) >= 11 is 0. The summed E-state index contributed by atoms with van der Waals surface area (Å²) in [6.07, 6.45) is 11.4. The molecule has 206 valence electrons. The van der Waals surface area contributed by atoms with Gasteiger partial charge < -0.3 is 9.52 Å². The van der Waals surface area contributed by atoms with Gasteiger partial charge in [0.1, 0.15) is 6.61 Å².